The van der Waals surface area contributed by atoms with Crippen LogP contribution >= 0.6 is 0 Å². The number of hydrogen-bond donors (Lipinski definition) is 1. The summed E-state index contributed by atoms with van der Waals surface area (Å²) >= 11 is 0. The molecule has 0 aliphatic heterocycles. The van der Waals surface area contributed by atoms with Gasteiger partial charge in [0.1, 0.15) is 5.58 Å². The quantitative estimate of drug-likeness (QED) is 0.561. The van der Waals surface area contributed by atoms with E-state index in [4.69, 9.17) is 4.42 Å². The topological polar surface area (TPSA) is 94.2 Å². The third kappa shape index (κ3) is 2.64. The van der Waals surface area contributed by atoms with Crippen LogP contribution in [0.3, 0.4) is 0 Å². The summed E-state index contributed by atoms with van der Waals surface area (Å²) < 4.78 is 34.9. The number of nitrogens with one attached hydrogen (secondary N) is 1. The minimum absolute atomic E-state index is 0.0712. The van der Waals surface area contributed by atoms with Crippen LogP contribution < -0.4 is 10.3 Å². The number of aromatic nitrogens is 2. The van der Waals surface area contributed by atoms with Gasteiger partial charge in [0.05, 0.1) is 16.7 Å². The molecule has 132 valence electrons. The molecular weight excluding hydrogens is 354 g/mol. The zero-order chi connectivity index (χ0) is 18.5. The Kier molecular flexibility index (Phi) is 3.58. The molecule has 2 heterocycles. The molecule has 8 heteroatoms. The summed E-state index contributed by atoms with van der Waals surface area (Å²) in [4.78, 5) is 16.1. The number of fused-ring (bicyclic) bond motifs is 3. The van der Waals surface area contributed by atoms with Crippen LogP contribution in [0, 0.1) is 6.92 Å². The van der Waals surface area contributed by atoms with Gasteiger partial charge in [-0.05, 0) is 37.3 Å². The van der Waals surface area contributed by atoms with Crippen molar-refractivity contribution in [3.8, 4) is 0 Å². The van der Waals surface area contributed by atoms with Crippen molar-refractivity contribution in [1.82, 2.24) is 9.55 Å². The van der Waals surface area contributed by atoms with Gasteiger partial charge >= 0.3 is 5.63 Å². The Morgan fingerprint density at radius 2 is 1.85 bits per heavy atom. The molecule has 0 unspecified atom stereocenters. The van der Waals surface area contributed by atoms with E-state index in [9.17, 15) is 13.2 Å². The highest BCUT2D eigenvalue weighted by molar-refractivity contribution is 7.92. The van der Waals surface area contributed by atoms with Gasteiger partial charge in [0, 0.05) is 18.1 Å². The molecule has 0 saturated heterocycles. The number of benzene rings is 2. The van der Waals surface area contributed by atoms with Crippen molar-refractivity contribution in [3.63, 3.8) is 0 Å². The Labute approximate surface area is 148 Å². The molecule has 0 atom stereocenters. The fraction of sp³-hybridized carbons (Fsp3) is 0.111. The number of nitrogens with zero attached hydrogens (tertiary/aromatic N) is 2. The van der Waals surface area contributed by atoms with E-state index >= 15 is 0 Å². The van der Waals surface area contributed by atoms with Crippen LogP contribution in [-0.4, -0.2) is 18.0 Å². The van der Waals surface area contributed by atoms with Gasteiger partial charge in [-0.15, -0.1) is 0 Å². The summed E-state index contributed by atoms with van der Waals surface area (Å²) in [6.45, 7) is 1.93. The van der Waals surface area contributed by atoms with E-state index < -0.39 is 15.6 Å². The fourth-order valence-corrected chi connectivity index (χ4v) is 3.92. The Morgan fingerprint density at radius 3 is 2.58 bits per heavy atom. The lowest BCUT2D eigenvalue weighted by Crippen LogP contribution is -2.13. The van der Waals surface area contributed by atoms with E-state index in [0.717, 1.165) is 5.56 Å². The van der Waals surface area contributed by atoms with Gasteiger partial charge in [0.15, 0.2) is 5.52 Å². The molecule has 7 nitrogen and oxygen atoms in total. The monoisotopic (exact) mass is 369 g/mol. The van der Waals surface area contributed by atoms with Crippen LogP contribution in [0.2, 0.25) is 0 Å². The Morgan fingerprint density at radius 1 is 1.12 bits per heavy atom. The maximum atomic E-state index is 12.7. The molecule has 2 aromatic carbocycles. The minimum atomic E-state index is -3.79. The number of imidazole rings is 1. The lowest BCUT2D eigenvalue weighted by Gasteiger charge is -2.09. The molecule has 0 spiro atoms. The van der Waals surface area contributed by atoms with Crippen molar-refractivity contribution in [1.29, 1.82) is 0 Å². The van der Waals surface area contributed by atoms with Crippen molar-refractivity contribution in [2.24, 2.45) is 7.05 Å². The van der Waals surface area contributed by atoms with Crippen LogP contribution in [0.25, 0.3) is 22.0 Å². The molecule has 0 saturated carbocycles. The van der Waals surface area contributed by atoms with E-state index in [0.29, 0.717) is 22.2 Å². The standard InChI is InChI=1S/C18H15N3O4S/c1-11-3-5-12(6-4-11)20-26(23,24)13-7-8-15-14(9-13)17-16(18(22)25-15)19-10-21(17)2/h3-10,20H,1-2H3. The Hall–Kier alpha value is -3.13. The maximum absolute atomic E-state index is 12.7. The molecule has 0 bridgehead atoms. The third-order valence-corrected chi connectivity index (χ3v) is 5.53. The van der Waals surface area contributed by atoms with Crippen LogP contribution in [0.5, 0.6) is 0 Å². The summed E-state index contributed by atoms with van der Waals surface area (Å²) in [5.41, 5.74) is 1.96. The van der Waals surface area contributed by atoms with E-state index in [1.165, 1.54) is 24.5 Å². The summed E-state index contributed by atoms with van der Waals surface area (Å²) in [7, 11) is -2.06. The normalized spacial score (nSPS) is 11.9. The van der Waals surface area contributed by atoms with E-state index in [-0.39, 0.29) is 10.4 Å². The summed E-state index contributed by atoms with van der Waals surface area (Å²) in [6.07, 6.45) is 1.49. The molecule has 0 amide bonds. The molecule has 26 heavy (non-hydrogen) atoms. The Bertz CT molecular complexity index is 1300. The number of anilines is 1. The van der Waals surface area contributed by atoms with Crippen molar-refractivity contribution in [2.75, 3.05) is 4.72 Å². The van der Waals surface area contributed by atoms with Crippen LogP contribution in [0.15, 0.2) is 62.9 Å². The lowest BCUT2D eigenvalue weighted by molar-refractivity contribution is 0.567. The summed E-state index contributed by atoms with van der Waals surface area (Å²) in [5.74, 6) is 0. The smallest absolute Gasteiger partial charge is 0.364 e. The number of aryl methyl sites for hydroxylation is 2. The van der Waals surface area contributed by atoms with Gasteiger partial charge in [0.25, 0.3) is 10.0 Å². The number of hydrogen-bond acceptors (Lipinski definition) is 5. The van der Waals surface area contributed by atoms with Gasteiger partial charge in [-0.3, -0.25) is 4.72 Å². The first-order valence-electron chi connectivity index (χ1n) is 7.82. The number of sulfonamides is 1. The molecule has 2 aromatic heterocycles. The predicted molar refractivity (Wildman–Crippen MR) is 98.7 cm³/mol. The zero-order valence-electron chi connectivity index (χ0n) is 14.1. The second-order valence-electron chi connectivity index (χ2n) is 6.07. The van der Waals surface area contributed by atoms with Crippen LogP contribution in [-0.2, 0) is 17.1 Å². The molecule has 0 aliphatic carbocycles. The second-order valence-corrected chi connectivity index (χ2v) is 7.75. The van der Waals surface area contributed by atoms with Crippen LogP contribution in [0.4, 0.5) is 5.69 Å². The molecule has 4 rings (SSSR count). The lowest BCUT2D eigenvalue weighted by atomic mass is 10.2. The first-order valence-corrected chi connectivity index (χ1v) is 9.31. The first-order chi connectivity index (χ1) is 12.3. The number of rotatable bonds is 3. The average molecular weight is 369 g/mol. The van der Waals surface area contributed by atoms with Crippen molar-refractivity contribution < 1.29 is 12.8 Å². The van der Waals surface area contributed by atoms with Gasteiger partial charge in [-0.2, -0.15) is 0 Å². The highest BCUT2D eigenvalue weighted by Gasteiger charge is 2.18. The largest absolute Gasteiger partial charge is 0.421 e. The fourth-order valence-electron chi connectivity index (χ4n) is 2.83. The van der Waals surface area contributed by atoms with E-state index in [2.05, 4.69) is 9.71 Å². The highest BCUT2D eigenvalue weighted by Crippen LogP contribution is 2.26. The highest BCUT2D eigenvalue weighted by atomic mass is 32.2. The van der Waals surface area contributed by atoms with E-state index in [1.54, 1.807) is 23.7 Å². The Balaban J connectivity index is 1.87. The van der Waals surface area contributed by atoms with Crippen molar-refractivity contribution in [3.05, 3.63) is 64.8 Å². The van der Waals surface area contributed by atoms with Gasteiger partial charge in [0.2, 0.25) is 0 Å². The molecule has 0 radical (unpaired) electrons. The summed E-state index contributed by atoms with van der Waals surface area (Å²) in [6, 6.07) is 11.4. The summed E-state index contributed by atoms with van der Waals surface area (Å²) in [5, 5.41) is 0.506. The molecule has 0 aliphatic rings. The minimum Gasteiger partial charge on any atom is -0.421 e. The van der Waals surface area contributed by atoms with Gasteiger partial charge in [-0.1, -0.05) is 17.7 Å². The average Bonchev–Trinajstić information content (AvgIpc) is 2.99. The SMILES string of the molecule is Cc1ccc(NS(=O)(=O)c2ccc3oc(=O)c4ncn(C)c4c3c2)cc1. The molecule has 1 N–H and O–H groups in total. The maximum Gasteiger partial charge on any atom is 0.364 e. The molecule has 4 aromatic rings. The third-order valence-electron chi connectivity index (χ3n) is 4.15. The van der Waals surface area contributed by atoms with Crippen molar-refractivity contribution in [2.45, 2.75) is 11.8 Å². The molecule has 0 fully saturated rings. The second kappa shape index (κ2) is 5.70. The molecular formula is C18H15N3O4S. The van der Waals surface area contributed by atoms with Gasteiger partial charge in [-0.25, -0.2) is 18.2 Å². The predicted octanol–water partition coefficient (Wildman–Crippen LogP) is 2.79. The van der Waals surface area contributed by atoms with Crippen LogP contribution in [0.1, 0.15) is 5.56 Å². The van der Waals surface area contributed by atoms with E-state index in [1.807, 2.05) is 19.1 Å². The zero-order valence-corrected chi connectivity index (χ0v) is 14.9. The van der Waals surface area contributed by atoms with Gasteiger partial charge < -0.3 is 8.98 Å². The first kappa shape index (κ1) is 16.3. The van der Waals surface area contributed by atoms with Crippen molar-refractivity contribution >= 4 is 37.7 Å².